The van der Waals surface area contributed by atoms with E-state index in [4.69, 9.17) is 0 Å². The summed E-state index contributed by atoms with van der Waals surface area (Å²) in [5, 5.41) is 3.38. The summed E-state index contributed by atoms with van der Waals surface area (Å²) < 4.78 is 0. The van der Waals surface area contributed by atoms with Gasteiger partial charge in [-0.2, -0.15) is 0 Å². The SMILES string of the molecule is CCCCCCCCCCCCNC=Cc1ccccc1. The summed E-state index contributed by atoms with van der Waals surface area (Å²) in [5.74, 6) is 0. The fourth-order valence-corrected chi connectivity index (χ4v) is 2.52. The van der Waals surface area contributed by atoms with E-state index in [9.17, 15) is 0 Å². The maximum atomic E-state index is 3.38. The van der Waals surface area contributed by atoms with Crippen LogP contribution in [0.15, 0.2) is 36.5 Å². The van der Waals surface area contributed by atoms with Crippen molar-refractivity contribution in [1.29, 1.82) is 0 Å². The molecule has 118 valence electrons. The number of benzene rings is 1. The maximum absolute atomic E-state index is 3.38. The first-order chi connectivity index (χ1) is 10.4. The van der Waals surface area contributed by atoms with Crippen LogP contribution >= 0.6 is 0 Å². The summed E-state index contributed by atoms with van der Waals surface area (Å²) in [5.41, 5.74) is 1.26. The monoisotopic (exact) mass is 287 g/mol. The van der Waals surface area contributed by atoms with E-state index in [2.05, 4.69) is 54.8 Å². The normalized spacial score (nSPS) is 11.1. The van der Waals surface area contributed by atoms with E-state index in [1.807, 2.05) is 0 Å². The van der Waals surface area contributed by atoms with E-state index >= 15 is 0 Å². The highest BCUT2D eigenvalue weighted by Crippen LogP contribution is 2.10. The van der Waals surface area contributed by atoms with Crippen molar-refractivity contribution >= 4 is 6.08 Å². The summed E-state index contributed by atoms with van der Waals surface area (Å²) in [4.78, 5) is 0. The summed E-state index contributed by atoms with van der Waals surface area (Å²) >= 11 is 0. The van der Waals surface area contributed by atoms with Crippen LogP contribution in [0.1, 0.15) is 76.7 Å². The standard InChI is InChI=1S/C20H33N/c1-2-3-4-5-6-7-8-9-10-14-18-21-19-17-20-15-12-11-13-16-20/h11-13,15-17,19,21H,2-10,14,18H2,1H3. The van der Waals surface area contributed by atoms with E-state index in [-0.39, 0.29) is 0 Å². The van der Waals surface area contributed by atoms with Gasteiger partial charge in [0.25, 0.3) is 0 Å². The van der Waals surface area contributed by atoms with Gasteiger partial charge in [-0.15, -0.1) is 0 Å². The smallest absolute Gasteiger partial charge is 0.0141 e. The third kappa shape index (κ3) is 11.1. The Morgan fingerprint density at radius 2 is 1.33 bits per heavy atom. The Kier molecular flexibility index (Phi) is 11.6. The van der Waals surface area contributed by atoms with Crippen molar-refractivity contribution in [3.63, 3.8) is 0 Å². The van der Waals surface area contributed by atoms with Crippen LogP contribution in [0.25, 0.3) is 6.08 Å². The van der Waals surface area contributed by atoms with Crippen LogP contribution in [0, 0.1) is 0 Å². The molecule has 1 rings (SSSR count). The van der Waals surface area contributed by atoms with Crippen molar-refractivity contribution in [3.05, 3.63) is 42.1 Å². The zero-order valence-corrected chi connectivity index (χ0v) is 13.8. The molecule has 0 fully saturated rings. The minimum Gasteiger partial charge on any atom is -0.391 e. The number of hydrogen-bond donors (Lipinski definition) is 1. The molecular weight excluding hydrogens is 254 g/mol. The highest BCUT2D eigenvalue weighted by molar-refractivity contribution is 5.48. The van der Waals surface area contributed by atoms with Crippen molar-refractivity contribution in [2.75, 3.05) is 6.54 Å². The van der Waals surface area contributed by atoms with Gasteiger partial charge in [0, 0.05) is 6.54 Å². The molecule has 0 saturated heterocycles. The Morgan fingerprint density at radius 3 is 1.95 bits per heavy atom. The summed E-state index contributed by atoms with van der Waals surface area (Å²) in [6, 6.07) is 10.4. The zero-order valence-electron chi connectivity index (χ0n) is 13.8. The first kappa shape index (κ1) is 17.8. The Labute approximate surface area is 131 Å². The molecule has 0 amide bonds. The lowest BCUT2D eigenvalue weighted by atomic mass is 10.1. The summed E-state index contributed by atoms with van der Waals surface area (Å²) in [6.45, 7) is 3.38. The van der Waals surface area contributed by atoms with Gasteiger partial charge in [-0.1, -0.05) is 95.0 Å². The average molecular weight is 287 g/mol. The van der Waals surface area contributed by atoms with Crippen LogP contribution in [0.5, 0.6) is 0 Å². The van der Waals surface area contributed by atoms with Gasteiger partial charge in [0.05, 0.1) is 0 Å². The fourth-order valence-electron chi connectivity index (χ4n) is 2.52. The number of hydrogen-bond acceptors (Lipinski definition) is 1. The van der Waals surface area contributed by atoms with E-state index < -0.39 is 0 Å². The second-order valence-corrected chi connectivity index (χ2v) is 5.88. The van der Waals surface area contributed by atoms with Gasteiger partial charge >= 0.3 is 0 Å². The maximum Gasteiger partial charge on any atom is 0.0141 e. The van der Waals surface area contributed by atoms with E-state index in [1.165, 1.54) is 69.8 Å². The molecule has 0 spiro atoms. The molecule has 1 aromatic rings. The molecule has 0 atom stereocenters. The van der Waals surface area contributed by atoms with Crippen molar-refractivity contribution in [2.45, 2.75) is 71.1 Å². The van der Waals surface area contributed by atoms with Gasteiger partial charge < -0.3 is 5.32 Å². The molecule has 0 heterocycles. The number of rotatable bonds is 13. The predicted molar refractivity (Wildman–Crippen MR) is 95.3 cm³/mol. The lowest BCUT2D eigenvalue weighted by molar-refractivity contribution is 0.553. The molecule has 0 unspecified atom stereocenters. The molecule has 1 N–H and O–H groups in total. The lowest BCUT2D eigenvalue weighted by Crippen LogP contribution is -2.06. The summed E-state index contributed by atoms with van der Waals surface area (Å²) in [7, 11) is 0. The summed E-state index contributed by atoms with van der Waals surface area (Å²) in [6.07, 6.45) is 18.2. The molecule has 1 nitrogen and oxygen atoms in total. The van der Waals surface area contributed by atoms with Gasteiger partial charge in [-0.25, -0.2) is 0 Å². The van der Waals surface area contributed by atoms with Crippen molar-refractivity contribution in [3.8, 4) is 0 Å². The first-order valence-corrected chi connectivity index (χ1v) is 8.88. The van der Waals surface area contributed by atoms with E-state index in [0.29, 0.717) is 0 Å². The largest absolute Gasteiger partial charge is 0.391 e. The van der Waals surface area contributed by atoms with Gasteiger partial charge in [0.15, 0.2) is 0 Å². The molecular formula is C20H33N. The van der Waals surface area contributed by atoms with Gasteiger partial charge in [-0.3, -0.25) is 0 Å². The van der Waals surface area contributed by atoms with Crippen LogP contribution in [-0.4, -0.2) is 6.54 Å². The minimum atomic E-state index is 1.10. The highest BCUT2D eigenvalue weighted by atomic mass is 14.8. The quantitative estimate of drug-likeness (QED) is 0.428. The Hall–Kier alpha value is -1.24. The molecule has 0 radical (unpaired) electrons. The topological polar surface area (TPSA) is 12.0 Å². The van der Waals surface area contributed by atoms with Crippen LogP contribution in [0.3, 0.4) is 0 Å². The van der Waals surface area contributed by atoms with Gasteiger partial charge in [0.2, 0.25) is 0 Å². The molecule has 0 aromatic heterocycles. The fraction of sp³-hybridized carbons (Fsp3) is 0.600. The highest BCUT2D eigenvalue weighted by Gasteiger charge is 1.92. The average Bonchev–Trinajstić information content (AvgIpc) is 2.53. The van der Waals surface area contributed by atoms with Crippen LogP contribution in [0.4, 0.5) is 0 Å². The first-order valence-electron chi connectivity index (χ1n) is 8.88. The minimum absolute atomic E-state index is 1.10. The van der Waals surface area contributed by atoms with Crippen LogP contribution in [0.2, 0.25) is 0 Å². The Bertz CT molecular complexity index is 342. The van der Waals surface area contributed by atoms with Gasteiger partial charge in [0.1, 0.15) is 0 Å². The van der Waals surface area contributed by atoms with Crippen molar-refractivity contribution in [1.82, 2.24) is 5.32 Å². The van der Waals surface area contributed by atoms with Gasteiger partial charge in [-0.05, 0) is 24.3 Å². The molecule has 0 bridgehead atoms. The Balaban J connectivity index is 1.82. The zero-order chi connectivity index (χ0) is 15.0. The lowest BCUT2D eigenvalue weighted by Gasteiger charge is -2.03. The number of unbranched alkanes of at least 4 members (excludes halogenated alkanes) is 9. The number of nitrogens with one attached hydrogen (secondary N) is 1. The second-order valence-electron chi connectivity index (χ2n) is 5.88. The molecule has 0 aliphatic carbocycles. The van der Waals surface area contributed by atoms with Crippen molar-refractivity contribution < 1.29 is 0 Å². The predicted octanol–water partition coefficient (Wildman–Crippen LogP) is 6.17. The molecule has 0 saturated carbocycles. The second kappa shape index (κ2) is 13.7. The molecule has 0 aliphatic heterocycles. The Morgan fingerprint density at radius 1 is 0.762 bits per heavy atom. The molecule has 21 heavy (non-hydrogen) atoms. The van der Waals surface area contributed by atoms with E-state index in [0.717, 1.165) is 6.54 Å². The molecule has 1 aromatic carbocycles. The molecule has 1 heteroatoms. The van der Waals surface area contributed by atoms with E-state index in [1.54, 1.807) is 0 Å². The van der Waals surface area contributed by atoms with Crippen molar-refractivity contribution in [2.24, 2.45) is 0 Å². The third-order valence-electron chi connectivity index (χ3n) is 3.87. The molecule has 0 aliphatic rings. The third-order valence-corrected chi connectivity index (χ3v) is 3.87. The van der Waals surface area contributed by atoms with Crippen LogP contribution in [-0.2, 0) is 0 Å². The van der Waals surface area contributed by atoms with Crippen LogP contribution < -0.4 is 5.32 Å².